The Bertz CT molecular complexity index is 134. The highest BCUT2D eigenvalue weighted by Gasteiger charge is 2.15. The van der Waals surface area contributed by atoms with Gasteiger partial charge >= 0.3 is 0 Å². The lowest BCUT2D eigenvalue weighted by Crippen LogP contribution is -2.42. The van der Waals surface area contributed by atoms with Gasteiger partial charge in [0.25, 0.3) is 0 Å². The molecule has 0 aliphatic heterocycles. The first kappa shape index (κ1) is 11.4. The summed E-state index contributed by atoms with van der Waals surface area (Å²) >= 11 is 0. The van der Waals surface area contributed by atoms with Gasteiger partial charge in [0.1, 0.15) is 0 Å². The lowest BCUT2D eigenvalue weighted by Gasteiger charge is -2.27. The highest BCUT2D eigenvalue weighted by Crippen LogP contribution is 2.01. The molecule has 0 aliphatic rings. The molecule has 4 N–H and O–H groups in total. The van der Waals surface area contributed by atoms with Crippen LogP contribution in [0.1, 0.15) is 20.3 Å². The predicted octanol–water partition coefficient (Wildman–Crippen LogP) is -0.469. The molecule has 0 aliphatic carbocycles. The average molecular weight is 173 g/mol. The van der Waals surface area contributed by atoms with Crippen LogP contribution >= 0.6 is 0 Å². The fraction of sp³-hybridized carbons (Fsp3) is 0.875. The minimum absolute atomic E-state index is 0.109. The van der Waals surface area contributed by atoms with Crippen LogP contribution in [0.4, 0.5) is 0 Å². The van der Waals surface area contributed by atoms with E-state index in [-0.39, 0.29) is 11.9 Å². The van der Waals surface area contributed by atoms with Crippen LogP contribution in [0.2, 0.25) is 0 Å². The Morgan fingerprint density at radius 1 is 1.42 bits per heavy atom. The summed E-state index contributed by atoms with van der Waals surface area (Å²) in [6, 6.07) is 0.109. The molecule has 72 valence electrons. The SMILES string of the molecule is CCN(CC)C(CN)CC(N)=O. The van der Waals surface area contributed by atoms with Gasteiger partial charge in [-0.2, -0.15) is 0 Å². The third-order valence-corrected chi connectivity index (χ3v) is 2.04. The van der Waals surface area contributed by atoms with Crippen LogP contribution in [-0.2, 0) is 4.79 Å². The zero-order valence-electron chi connectivity index (χ0n) is 7.92. The second kappa shape index (κ2) is 5.97. The number of primary amides is 1. The van der Waals surface area contributed by atoms with Gasteiger partial charge in [0.15, 0.2) is 0 Å². The number of carbonyl (C=O) groups excluding carboxylic acids is 1. The lowest BCUT2D eigenvalue weighted by molar-refractivity contribution is -0.119. The van der Waals surface area contributed by atoms with Crippen molar-refractivity contribution in [1.29, 1.82) is 0 Å². The van der Waals surface area contributed by atoms with Gasteiger partial charge in [-0.05, 0) is 13.1 Å². The van der Waals surface area contributed by atoms with Crippen LogP contribution < -0.4 is 11.5 Å². The van der Waals surface area contributed by atoms with Crippen molar-refractivity contribution in [3.8, 4) is 0 Å². The van der Waals surface area contributed by atoms with Crippen molar-refractivity contribution in [2.75, 3.05) is 19.6 Å². The zero-order chi connectivity index (χ0) is 9.56. The molecule has 0 saturated heterocycles. The molecule has 0 saturated carbocycles. The number of hydrogen-bond donors (Lipinski definition) is 2. The van der Waals surface area contributed by atoms with Gasteiger partial charge < -0.3 is 11.5 Å². The topological polar surface area (TPSA) is 72.3 Å². The number of nitrogens with zero attached hydrogens (tertiary/aromatic N) is 1. The molecule has 1 unspecified atom stereocenters. The minimum atomic E-state index is -0.280. The molecule has 0 heterocycles. The summed E-state index contributed by atoms with van der Waals surface area (Å²) in [7, 11) is 0. The van der Waals surface area contributed by atoms with E-state index >= 15 is 0 Å². The molecule has 0 bridgehead atoms. The van der Waals surface area contributed by atoms with E-state index in [0.717, 1.165) is 13.1 Å². The normalized spacial score (nSPS) is 13.3. The molecule has 1 atom stereocenters. The Labute approximate surface area is 73.9 Å². The van der Waals surface area contributed by atoms with E-state index in [1.807, 2.05) is 13.8 Å². The maximum absolute atomic E-state index is 10.6. The van der Waals surface area contributed by atoms with E-state index in [4.69, 9.17) is 11.5 Å². The van der Waals surface area contributed by atoms with E-state index in [1.165, 1.54) is 0 Å². The van der Waals surface area contributed by atoms with Gasteiger partial charge in [-0.25, -0.2) is 0 Å². The van der Waals surface area contributed by atoms with Crippen LogP contribution in [0, 0.1) is 0 Å². The van der Waals surface area contributed by atoms with Crippen LogP contribution in [0.15, 0.2) is 0 Å². The van der Waals surface area contributed by atoms with E-state index in [9.17, 15) is 4.79 Å². The number of amides is 1. The lowest BCUT2D eigenvalue weighted by atomic mass is 10.1. The molecule has 0 fully saturated rings. The van der Waals surface area contributed by atoms with Crippen molar-refractivity contribution in [3.05, 3.63) is 0 Å². The van der Waals surface area contributed by atoms with Crippen LogP contribution in [-0.4, -0.2) is 36.5 Å². The van der Waals surface area contributed by atoms with E-state index < -0.39 is 0 Å². The smallest absolute Gasteiger partial charge is 0.219 e. The number of nitrogens with two attached hydrogens (primary N) is 2. The summed E-state index contributed by atoms with van der Waals surface area (Å²) in [5, 5.41) is 0. The largest absolute Gasteiger partial charge is 0.370 e. The molecular weight excluding hydrogens is 154 g/mol. The van der Waals surface area contributed by atoms with Crippen molar-refractivity contribution < 1.29 is 4.79 Å². The second-order valence-corrected chi connectivity index (χ2v) is 2.78. The molecule has 0 aromatic rings. The van der Waals surface area contributed by atoms with Gasteiger partial charge in [-0.1, -0.05) is 13.8 Å². The molecule has 0 spiro atoms. The first-order valence-electron chi connectivity index (χ1n) is 4.38. The monoisotopic (exact) mass is 173 g/mol. The number of hydrogen-bond acceptors (Lipinski definition) is 3. The first-order valence-corrected chi connectivity index (χ1v) is 4.38. The number of likely N-dealkylation sites (N-methyl/N-ethyl adjacent to an activating group) is 1. The van der Waals surface area contributed by atoms with Crippen molar-refractivity contribution in [1.82, 2.24) is 4.90 Å². The van der Waals surface area contributed by atoms with Gasteiger partial charge in [0.05, 0.1) is 0 Å². The van der Waals surface area contributed by atoms with Crippen LogP contribution in [0.25, 0.3) is 0 Å². The molecule has 4 heteroatoms. The Morgan fingerprint density at radius 2 is 1.92 bits per heavy atom. The first-order chi connectivity index (χ1) is 5.65. The van der Waals surface area contributed by atoms with E-state index in [2.05, 4.69) is 4.90 Å². The maximum atomic E-state index is 10.6. The summed E-state index contributed by atoms with van der Waals surface area (Å²) in [6.45, 7) is 6.40. The molecule has 0 rings (SSSR count). The standard InChI is InChI=1S/C8H19N3O/c1-3-11(4-2)7(6-9)5-8(10)12/h7H,3-6,9H2,1-2H3,(H2,10,12). The summed E-state index contributed by atoms with van der Waals surface area (Å²) in [6.07, 6.45) is 0.359. The van der Waals surface area contributed by atoms with Gasteiger partial charge in [0.2, 0.25) is 5.91 Å². The molecular formula is C8H19N3O. The Kier molecular flexibility index (Phi) is 5.66. The molecule has 0 aromatic heterocycles. The highest BCUT2D eigenvalue weighted by molar-refractivity contribution is 5.74. The number of rotatable bonds is 6. The fourth-order valence-corrected chi connectivity index (χ4v) is 1.33. The third kappa shape index (κ3) is 3.69. The van der Waals surface area contributed by atoms with Crippen LogP contribution in [0.3, 0.4) is 0 Å². The quantitative estimate of drug-likeness (QED) is 0.570. The van der Waals surface area contributed by atoms with Gasteiger partial charge in [-0.15, -0.1) is 0 Å². The van der Waals surface area contributed by atoms with Crippen molar-refractivity contribution in [3.63, 3.8) is 0 Å². The second-order valence-electron chi connectivity index (χ2n) is 2.78. The maximum Gasteiger partial charge on any atom is 0.219 e. The minimum Gasteiger partial charge on any atom is -0.370 e. The van der Waals surface area contributed by atoms with E-state index in [1.54, 1.807) is 0 Å². The van der Waals surface area contributed by atoms with Crippen molar-refractivity contribution in [2.45, 2.75) is 26.3 Å². The van der Waals surface area contributed by atoms with Crippen LogP contribution in [0.5, 0.6) is 0 Å². The summed E-state index contributed by atoms with van der Waals surface area (Å²) in [5.41, 5.74) is 10.6. The summed E-state index contributed by atoms with van der Waals surface area (Å²) < 4.78 is 0. The highest BCUT2D eigenvalue weighted by atomic mass is 16.1. The molecule has 4 nitrogen and oxygen atoms in total. The Balaban J connectivity index is 4.01. The van der Waals surface area contributed by atoms with Crippen molar-refractivity contribution in [2.24, 2.45) is 11.5 Å². The Morgan fingerprint density at radius 3 is 2.17 bits per heavy atom. The summed E-state index contributed by atoms with van der Waals surface area (Å²) in [5.74, 6) is -0.280. The number of carbonyl (C=O) groups is 1. The fourth-order valence-electron chi connectivity index (χ4n) is 1.33. The molecule has 1 amide bonds. The van der Waals surface area contributed by atoms with Gasteiger partial charge in [0, 0.05) is 19.0 Å². The van der Waals surface area contributed by atoms with E-state index in [0.29, 0.717) is 13.0 Å². The molecule has 0 aromatic carbocycles. The predicted molar refractivity (Wildman–Crippen MR) is 49.6 cm³/mol. The third-order valence-electron chi connectivity index (χ3n) is 2.04. The molecule has 12 heavy (non-hydrogen) atoms. The van der Waals surface area contributed by atoms with Crippen molar-refractivity contribution >= 4 is 5.91 Å². The van der Waals surface area contributed by atoms with Gasteiger partial charge in [-0.3, -0.25) is 9.69 Å². The average Bonchev–Trinajstić information content (AvgIpc) is 2.04. The zero-order valence-corrected chi connectivity index (χ0v) is 7.92. The Hall–Kier alpha value is -0.610. The summed E-state index contributed by atoms with van der Waals surface area (Å²) in [4.78, 5) is 12.8. The molecule has 0 radical (unpaired) electrons.